The third-order valence-electron chi connectivity index (χ3n) is 3.75. The zero-order chi connectivity index (χ0) is 18.0. The molecule has 1 aromatic carbocycles. The zero-order valence-corrected chi connectivity index (χ0v) is 16.9. The highest BCUT2D eigenvalue weighted by Crippen LogP contribution is 2.28. The fourth-order valence-corrected chi connectivity index (χ4v) is 4.89. The summed E-state index contributed by atoms with van der Waals surface area (Å²) in [4.78, 5) is 14.4. The molecule has 0 bridgehead atoms. The summed E-state index contributed by atoms with van der Waals surface area (Å²) in [7, 11) is 0. The second-order valence-corrected chi connectivity index (χ2v) is 9.01. The molecule has 1 aliphatic rings. The zero-order valence-electron chi connectivity index (χ0n) is 14.4. The Hall–Kier alpha value is -1.13. The van der Waals surface area contributed by atoms with Crippen molar-refractivity contribution in [2.24, 2.45) is 0 Å². The molecule has 3 rings (SSSR count). The number of morpholine rings is 1. The Morgan fingerprint density at radius 2 is 2.04 bits per heavy atom. The van der Waals surface area contributed by atoms with Crippen LogP contribution in [-0.2, 0) is 15.3 Å². The molecule has 2 heterocycles. The smallest absolute Gasteiger partial charge is 0.236 e. The van der Waals surface area contributed by atoms with Crippen molar-refractivity contribution < 1.29 is 9.53 Å². The number of rotatable bonds is 9. The number of hydrogen-bond donors (Lipinski definition) is 1. The molecule has 0 saturated carbocycles. The number of benzene rings is 1. The number of anilines is 1. The molecule has 1 saturated heterocycles. The van der Waals surface area contributed by atoms with Crippen LogP contribution in [0, 0.1) is 0 Å². The molecule has 0 atom stereocenters. The number of carbonyl (C=O) groups is 1. The van der Waals surface area contributed by atoms with E-state index in [9.17, 15) is 4.79 Å². The maximum Gasteiger partial charge on any atom is 0.236 e. The van der Waals surface area contributed by atoms with Gasteiger partial charge in [-0.05, 0) is 5.56 Å². The number of carbonyl (C=O) groups excluding carboxylic acids is 1. The molecule has 26 heavy (non-hydrogen) atoms. The van der Waals surface area contributed by atoms with Gasteiger partial charge in [0.1, 0.15) is 0 Å². The molecule has 1 fully saturated rings. The molecule has 2 aromatic rings. The van der Waals surface area contributed by atoms with Crippen LogP contribution in [0.4, 0.5) is 5.13 Å². The summed E-state index contributed by atoms with van der Waals surface area (Å²) in [6, 6.07) is 10.2. The van der Waals surface area contributed by atoms with Gasteiger partial charge in [-0.15, -0.1) is 10.2 Å². The number of nitrogens with one attached hydrogen (secondary N) is 1. The van der Waals surface area contributed by atoms with Crippen LogP contribution in [0.5, 0.6) is 0 Å². The van der Waals surface area contributed by atoms with E-state index in [2.05, 4.69) is 32.5 Å². The predicted octanol–water partition coefficient (Wildman–Crippen LogP) is 2.83. The number of ether oxygens (including phenoxy) is 1. The minimum Gasteiger partial charge on any atom is -0.379 e. The molecular formula is C17H22N4O2S3. The van der Waals surface area contributed by atoms with Gasteiger partial charge in [0.05, 0.1) is 19.0 Å². The number of hydrogen-bond acceptors (Lipinski definition) is 8. The number of amides is 1. The summed E-state index contributed by atoms with van der Waals surface area (Å²) in [6.07, 6.45) is 0. The van der Waals surface area contributed by atoms with Crippen molar-refractivity contribution in [3.05, 3.63) is 35.9 Å². The highest BCUT2D eigenvalue weighted by atomic mass is 32.2. The molecule has 1 aliphatic heterocycles. The SMILES string of the molecule is O=C(CSCCN1CCOCC1)Nc1nnc(SCc2ccccc2)s1. The Bertz CT molecular complexity index is 678. The van der Waals surface area contributed by atoms with Crippen molar-refractivity contribution in [2.75, 3.05) is 49.7 Å². The van der Waals surface area contributed by atoms with Crippen molar-refractivity contribution in [3.8, 4) is 0 Å². The van der Waals surface area contributed by atoms with Crippen molar-refractivity contribution in [2.45, 2.75) is 10.1 Å². The van der Waals surface area contributed by atoms with Crippen LogP contribution < -0.4 is 5.32 Å². The summed E-state index contributed by atoms with van der Waals surface area (Å²) in [6.45, 7) is 4.60. The van der Waals surface area contributed by atoms with Crippen LogP contribution in [0.3, 0.4) is 0 Å². The molecule has 0 spiro atoms. The van der Waals surface area contributed by atoms with Gasteiger partial charge < -0.3 is 4.74 Å². The maximum atomic E-state index is 12.0. The van der Waals surface area contributed by atoms with Crippen LogP contribution in [0.25, 0.3) is 0 Å². The van der Waals surface area contributed by atoms with Crippen molar-refractivity contribution >= 4 is 45.9 Å². The Labute approximate surface area is 166 Å². The van der Waals surface area contributed by atoms with E-state index in [4.69, 9.17) is 4.74 Å². The molecule has 9 heteroatoms. The van der Waals surface area contributed by atoms with Gasteiger partial charge in [0.2, 0.25) is 11.0 Å². The lowest BCUT2D eigenvalue weighted by Gasteiger charge is -2.26. The second-order valence-electron chi connectivity index (χ2n) is 5.70. The molecule has 0 aliphatic carbocycles. The highest BCUT2D eigenvalue weighted by Gasteiger charge is 2.11. The summed E-state index contributed by atoms with van der Waals surface area (Å²) >= 11 is 4.70. The van der Waals surface area contributed by atoms with Crippen LogP contribution >= 0.6 is 34.9 Å². The van der Waals surface area contributed by atoms with Gasteiger partial charge in [0.15, 0.2) is 4.34 Å². The lowest BCUT2D eigenvalue weighted by Crippen LogP contribution is -2.37. The first-order chi connectivity index (χ1) is 12.8. The van der Waals surface area contributed by atoms with Gasteiger partial charge in [-0.2, -0.15) is 11.8 Å². The fraction of sp³-hybridized carbons (Fsp3) is 0.471. The fourth-order valence-electron chi connectivity index (χ4n) is 2.38. The third kappa shape index (κ3) is 6.88. The topological polar surface area (TPSA) is 67.3 Å². The standard InChI is InChI=1S/C17H22N4O2S3/c22-15(13-24-11-8-21-6-9-23-10-7-21)18-16-19-20-17(26-16)25-12-14-4-2-1-3-5-14/h1-5H,6-13H2,(H,18,19,22). The molecule has 6 nitrogen and oxygen atoms in total. The first-order valence-electron chi connectivity index (χ1n) is 8.47. The predicted molar refractivity (Wildman–Crippen MR) is 109 cm³/mol. The van der Waals surface area contributed by atoms with Crippen molar-refractivity contribution in [1.29, 1.82) is 0 Å². The van der Waals surface area contributed by atoms with E-state index in [1.807, 2.05) is 18.2 Å². The lowest BCUT2D eigenvalue weighted by atomic mass is 10.2. The highest BCUT2D eigenvalue weighted by molar-refractivity contribution is 8.00. The van der Waals surface area contributed by atoms with E-state index in [-0.39, 0.29) is 5.91 Å². The van der Waals surface area contributed by atoms with Crippen LogP contribution in [0.1, 0.15) is 5.56 Å². The molecule has 0 unspecified atom stereocenters. The Kier molecular flexibility index (Phi) is 8.22. The van der Waals surface area contributed by atoms with E-state index in [1.54, 1.807) is 23.5 Å². The molecule has 1 amide bonds. The third-order valence-corrected chi connectivity index (χ3v) is 6.73. The van der Waals surface area contributed by atoms with Gasteiger partial charge in [-0.1, -0.05) is 53.4 Å². The first kappa shape index (κ1) is 19.6. The average Bonchev–Trinajstić information content (AvgIpc) is 3.12. The number of thioether (sulfide) groups is 2. The first-order valence-corrected chi connectivity index (χ1v) is 11.4. The van der Waals surface area contributed by atoms with E-state index in [0.29, 0.717) is 10.9 Å². The molecule has 1 aromatic heterocycles. The van der Waals surface area contributed by atoms with Crippen molar-refractivity contribution in [3.63, 3.8) is 0 Å². The average molecular weight is 411 g/mol. The Morgan fingerprint density at radius 3 is 2.85 bits per heavy atom. The largest absolute Gasteiger partial charge is 0.379 e. The summed E-state index contributed by atoms with van der Waals surface area (Å²) < 4.78 is 6.19. The molecular weight excluding hydrogens is 388 g/mol. The molecule has 0 radical (unpaired) electrons. The maximum absolute atomic E-state index is 12.0. The Balaban J connectivity index is 1.32. The molecule has 140 valence electrons. The van der Waals surface area contributed by atoms with Gasteiger partial charge in [0, 0.05) is 31.1 Å². The van der Waals surface area contributed by atoms with E-state index in [1.165, 1.54) is 16.9 Å². The normalized spacial score (nSPS) is 15.1. The van der Waals surface area contributed by atoms with Crippen LogP contribution in [0.15, 0.2) is 34.7 Å². The summed E-state index contributed by atoms with van der Waals surface area (Å²) in [5.41, 5.74) is 1.25. The number of aromatic nitrogens is 2. The summed E-state index contributed by atoms with van der Waals surface area (Å²) in [5, 5.41) is 11.6. The van der Waals surface area contributed by atoms with E-state index < -0.39 is 0 Å². The minimum absolute atomic E-state index is 0.0206. The second kappa shape index (κ2) is 10.9. The Morgan fingerprint density at radius 1 is 1.23 bits per heavy atom. The minimum atomic E-state index is -0.0206. The molecule has 1 N–H and O–H groups in total. The van der Waals surface area contributed by atoms with E-state index in [0.717, 1.165) is 48.7 Å². The van der Waals surface area contributed by atoms with Gasteiger partial charge in [-0.25, -0.2) is 0 Å². The quantitative estimate of drug-likeness (QED) is 0.387. The monoisotopic (exact) mass is 410 g/mol. The van der Waals surface area contributed by atoms with Gasteiger partial charge in [0.25, 0.3) is 0 Å². The summed E-state index contributed by atoms with van der Waals surface area (Å²) in [5.74, 6) is 2.21. The lowest BCUT2D eigenvalue weighted by molar-refractivity contribution is -0.113. The number of nitrogens with zero attached hydrogens (tertiary/aromatic N) is 3. The van der Waals surface area contributed by atoms with E-state index >= 15 is 0 Å². The van der Waals surface area contributed by atoms with Crippen LogP contribution in [0.2, 0.25) is 0 Å². The van der Waals surface area contributed by atoms with Crippen molar-refractivity contribution in [1.82, 2.24) is 15.1 Å². The van der Waals surface area contributed by atoms with Gasteiger partial charge in [-0.3, -0.25) is 15.0 Å². The van der Waals surface area contributed by atoms with Crippen LogP contribution in [-0.4, -0.2) is 65.4 Å². The van der Waals surface area contributed by atoms with Gasteiger partial charge >= 0.3 is 0 Å².